The number of non-ortho nitro benzene ring substituents is 1. The first kappa shape index (κ1) is 11.7. The van der Waals surface area contributed by atoms with Gasteiger partial charge < -0.3 is 5.11 Å². The number of hydrogen-bond donors (Lipinski definition) is 1. The lowest BCUT2D eigenvalue weighted by molar-refractivity contribution is -0.384. The second-order valence-electron chi connectivity index (χ2n) is 3.55. The smallest absolute Gasteiger partial charge is 0.269 e. The highest BCUT2D eigenvalue weighted by molar-refractivity contribution is 7.15. The van der Waals surface area contributed by atoms with Crippen molar-refractivity contribution < 1.29 is 10.0 Å². The summed E-state index contributed by atoms with van der Waals surface area (Å²) >= 11 is 1.38. The van der Waals surface area contributed by atoms with Crippen LogP contribution in [-0.4, -0.2) is 15.0 Å². The average molecular weight is 250 g/mol. The van der Waals surface area contributed by atoms with Gasteiger partial charge in [-0.3, -0.25) is 10.1 Å². The van der Waals surface area contributed by atoms with E-state index in [1.54, 1.807) is 25.3 Å². The molecule has 2 rings (SSSR count). The molecule has 1 atom stereocenters. The van der Waals surface area contributed by atoms with E-state index in [4.69, 9.17) is 0 Å². The van der Waals surface area contributed by atoms with Gasteiger partial charge in [0, 0.05) is 23.9 Å². The first-order valence-corrected chi connectivity index (χ1v) is 5.78. The number of nitro benzene ring substituents is 1. The Morgan fingerprint density at radius 1 is 1.41 bits per heavy atom. The van der Waals surface area contributed by atoms with Crippen LogP contribution in [0.2, 0.25) is 0 Å². The summed E-state index contributed by atoms with van der Waals surface area (Å²) in [7, 11) is 0. The fourth-order valence-corrected chi connectivity index (χ4v) is 2.20. The predicted octanol–water partition coefficient (Wildman–Crippen LogP) is 2.77. The van der Waals surface area contributed by atoms with Gasteiger partial charge >= 0.3 is 0 Å². The van der Waals surface area contributed by atoms with Crippen LogP contribution in [0.15, 0.2) is 30.5 Å². The molecule has 1 N–H and O–H groups in total. The van der Waals surface area contributed by atoms with Crippen LogP contribution in [0.5, 0.6) is 0 Å². The molecule has 0 spiro atoms. The zero-order valence-electron chi connectivity index (χ0n) is 9.03. The van der Waals surface area contributed by atoms with Crippen molar-refractivity contribution in [2.75, 3.05) is 0 Å². The SMILES string of the molecule is CC(O)c1cnc(-c2ccc([N+](=O)[O-])cc2)s1. The monoisotopic (exact) mass is 250 g/mol. The summed E-state index contributed by atoms with van der Waals surface area (Å²) in [6.45, 7) is 1.67. The molecule has 1 aromatic carbocycles. The molecule has 88 valence electrons. The van der Waals surface area contributed by atoms with Gasteiger partial charge in [-0.05, 0) is 19.1 Å². The van der Waals surface area contributed by atoms with Gasteiger partial charge in [-0.1, -0.05) is 0 Å². The summed E-state index contributed by atoms with van der Waals surface area (Å²) < 4.78 is 0. The third-order valence-electron chi connectivity index (χ3n) is 2.26. The second kappa shape index (κ2) is 4.60. The number of nitrogens with zero attached hydrogens (tertiary/aromatic N) is 2. The summed E-state index contributed by atoms with van der Waals surface area (Å²) in [5, 5.41) is 20.6. The molecule has 2 aromatic rings. The number of thiazole rings is 1. The number of rotatable bonds is 3. The van der Waals surface area contributed by atoms with E-state index < -0.39 is 11.0 Å². The van der Waals surface area contributed by atoms with Gasteiger partial charge in [-0.2, -0.15) is 0 Å². The van der Waals surface area contributed by atoms with Crippen molar-refractivity contribution >= 4 is 17.0 Å². The Labute approximate surface area is 102 Å². The van der Waals surface area contributed by atoms with Gasteiger partial charge in [0.05, 0.1) is 15.9 Å². The lowest BCUT2D eigenvalue weighted by atomic mass is 10.2. The highest BCUT2D eigenvalue weighted by atomic mass is 32.1. The maximum atomic E-state index is 10.5. The summed E-state index contributed by atoms with van der Waals surface area (Å²) in [4.78, 5) is 15.0. The Balaban J connectivity index is 2.30. The number of aliphatic hydroxyl groups is 1. The van der Waals surface area contributed by atoms with E-state index in [0.717, 1.165) is 15.4 Å². The lowest BCUT2D eigenvalue weighted by Gasteiger charge is -1.97. The maximum Gasteiger partial charge on any atom is 0.269 e. The molecular weight excluding hydrogens is 240 g/mol. The topological polar surface area (TPSA) is 76.3 Å². The molecule has 0 radical (unpaired) electrons. The summed E-state index contributed by atoms with van der Waals surface area (Å²) in [5.41, 5.74) is 0.869. The van der Waals surface area contributed by atoms with Gasteiger partial charge in [-0.25, -0.2) is 4.98 Å². The minimum Gasteiger partial charge on any atom is -0.388 e. The lowest BCUT2D eigenvalue weighted by Crippen LogP contribution is -1.86. The first-order valence-electron chi connectivity index (χ1n) is 4.96. The van der Waals surface area contributed by atoms with E-state index >= 15 is 0 Å². The molecule has 5 nitrogen and oxygen atoms in total. The third-order valence-corrected chi connectivity index (χ3v) is 3.48. The Morgan fingerprint density at radius 2 is 2.06 bits per heavy atom. The van der Waals surface area contributed by atoms with Gasteiger partial charge in [0.15, 0.2) is 0 Å². The van der Waals surface area contributed by atoms with E-state index in [2.05, 4.69) is 4.98 Å². The van der Waals surface area contributed by atoms with Crippen LogP contribution in [0.25, 0.3) is 10.6 Å². The molecule has 6 heteroatoms. The molecule has 17 heavy (non-hydrogen) atoms. The summed E-state index contributed by atoms with van der Waals surface area (Å²) in [6.07, 6.45) is 1.07. The van der Waals surface area contributed by atoms with Crippen LogP contribution in [0, 0.1) is 10.1 Å². The highest BCUT2D eigenvalue weighted by Gasteiger charge is 2.10. The molecule has 1 heterocycles. The van der Waals surface area contributed by atoms with E-state index in [-0.39, 0.29) is 5.69 Å². The number of hydrogen-bond acceptors (Lipinski definition) is 5. The fraction of sp³-hybridized carbons (Fsp3) is 0.182. The van der Waals surface area contributed by atoms with Crippen molar-refractivity contribution in [1.82, 2.24) is 4.98 Å². The molecule has 0 saturated heterocycles. The molecule has 0 aliphatic carbocycles. The Kier molecular flexibility index (Phi) is 3.16. The molecule has 0 bridgehead atoms. The third kappa shape index (κ3) is 2.48. The van der Waals surface area contributed by atoms with Crippen molar-refractivity contribution in [2.45, 2.75) is 13.0 Å². The van der Waals surface area contributed by atoms with Crippen molar-refractivity contribution in [1.29, 1.82) is 0 Å². The van der Waals surface area contributed by atoms with Gasteiger partial charge in [0.2, 0.25) is 0 Å². The minimum absolute atomic E-state index is 0.0565. The summed E-state index contributed by atoms with van der Waals surface area (Å²) in [5.74, 6) is 0. The minimum atomic E-state index is -0.542. The van der Waals surface area contributed by atoms with Gasteiger partial charge in [0.1, 0.15) is 5.01 Å². The van der Waals surface area contributed by atoms with Crippen LogP contribution >= 0.6 is 11.3 Å². The fourth-order valence-electron chi connectivity index (χ4n) is 1.34. The molecule has 0 aliphatic heterocycles. The van der Waals surface area contributed by atoms with Crippen molar-refractivity contribution in [3.05, 3.63) is 45.5 Å². The normalized spacial score (nSPS) is 12.4. The Bertz CT molecular complexity index is 534. The van der Waals surface area contributed by atoms with Crippen LogP contribution in [0.4, 0.5) is 5.69 Å². The van der Waals surface area contributed by atoms with Crippen LogP contribution < -0.4 is 0 Å². The van der Waals surface area contributed by atoms with Crippen LogP contribution in [0.3, 0.4) is 0 Å². The van der Waals surface area contributed by atoms with Gasteiger partial charge in [0.25, 0.3) is 5.69 Å². The molecule has 0 saturated carbocycles. The molecule has 0 fully saturated rings. The van der Waals surface area contributed by atoms with E-state index in [1.165, 1.54) is 23.5 Å². The molecule has 1 unspecified atom stereocenters. The quantitative estimate of drug-likeness (QED) is 0.671. The Morgan fingerprint density at radius 3 is 2.53 bits per heavy atom. The molecule has 1 aromatic heterocycles. The zero-order valence-corrected chi connectivity index (χ0v) is 9.85. The van der Waals surface area contributed by atoms with E-state index in [1.807, 2.05) is 0 Å². The van der Waals surface area contributed by atoms with Crippen molar-refractivity contribution in [3.8, 4) is 10.6 Å². The summed E-state index contributed by atoms with van der Waals surface area (Å²) in [6, 6.07) is 6.20. The second-order valence-corrected chi connectivity index (χ2v) is 4.61. The molecular formula is C11H10N2O3S. The average Bonchev–Trinajstić information content (AvgIpc) is 2.78. The van der Waals surface area contributed by atoms with E-state index in [0.29, 0.717) is 0 Å². The standard InChI is InChI=1S/C11H10N2O3S/c1-7(14)10-6-12-11(17-10)8-2-4-9(5-3-8)13(15)16/h2-7,14H,1H3. The van der Waals surface area contributed by atoms with Crippen molar-refractivity contribution in [3.63, 3.8) is 0 Å². The van der Waals surface area contributed by atoms with Crippen molar-refractivity contribution in [2.24, 2.45) is 0 Å². The van der Waals surface area contributed by atoms with Crippen LogP contribution in [-0.2, 0) is 0 Å². The van der Waals surface area contributed by atoms with Crippen LogP contribution in [0.1, 0.15) is 17.9 Å². The highest BCUT2D eigenvalue weighted by Crippen LogP contribution is 2.29. The van der Waals surface area contributed by atoms with E-state index in [9.17, 15) is 15.2 Å². The Hall–Kier alpha value is -1.79. The number of benzene rings is 1. The number of aromatic nitrogens is 1. The molecule has 0 amide bonds. The molecule has 0 aliphatic rings. The largest absolute Gasteiger partial charge is 0.388 e. The maximum absolute atomic E-state index is 10.5. The predicted molar refractivity (Wildman–Crippen MR) is 64.8 cm³/mol. The first-order chi connectivity index (χ1) is 8.08. The number of nitro groups is 1. The zero-order chi connectivity index (χ0) is 12.4. The number of aliphatic hydroxyl groups excluding tert-OH is 1. The van der Waals surface area contributed by atoms with Gasteiger partial charge in [-0.15, -0.1) is 11.3 Å².